The minimum atomic E-state index is -0.337. The predicted molar refractivity (Wildman–Crippen MR) is 104 cm³/mol. The van der Waals surface area contributed by atoms with Crippen LogP contribution < -0.4 is 10.6 Å². The van der Waals surface area contributed by atoms with E-state index in [-0.39, 0.29) is 6.04 Å². The second-order valence-electron chi connectivity index (χ2n) is 6.78. The van der Waals surface area contributed by atoms with Gasteiger partial charge in [0.1, 0.15) is 5.82 Å². The van der Waals surface area contributed by atoms with E-state index in [9.17, 15) is 0 Å². The molecule has 27 heavy (non-hydrogen) atoms. The van der Waals surface area contributed by atoms with Crippen LogP contribution in [0.15, 0.2) is 52.9 Å². The van der Waals surface area contributed by atoms with Crippen LogP contribution in [0.2, 0.25) is 0 Å². The first-order valence-corrected chi connectivity index (χ1v) is 8.88. The lowest BCUT2D eigenvalue weighted by Gasteiger charge is -2.12. The smallest absolute Gasteiger partial charge is 0.318 e. The van der Waals surface area contributed by atoms with E-state index in [2.05, 4.69) is 39.2 Å². The van der Waals surface area contributed by atoms with Gasteiger partial charge in [0.15, 0.2) is 0 Å². The Labute approximate surface area is 157 Å². The van der Waals surface area contributed by atoms with Crippen molar-refractivity contribution in [1.82, 2.24) is 20.2 Å². The molecule has 0 saturated heterocycles. The van der Waals surface area contributed by atoms with Crippen LogP contribution in [0.3, 0.4) is 0 Å². The Kier molecular flexibility index (Phi) is 4.60. The Bertz CT molecular complexity index is 1040. The van der Waals surface area contributed by atoms with E-state index in [4.69, 9.17) is 10.2 Å². The number of fused-ring (bicyclic) bond motifs is 1. The second kappa shape index (κ2) is 7.20. The van der Waals surface area contributed by atoms with Crippen molar-refractivity contribution < 1.29 is 4.42 Å². The quantitative estimate of drug-likeness (QED) is 0.547. The number of nitrogens with two attached hydrogens (primary N) is 1. The normalized spacial score (nSPS) is 12.4. The van der Waals surface area contributed by atoms with Gasteiger partial charge in [0.25, 0.3) is 0 Å². The molecule has 0 radical (unpaired) electrons. The number of hydrogen-bond donors (Lipinski definition) is 2. The summed E-state index contributed by atoms with van der Waals surface area (Å²) in [6.07, 6.45) is 0.648. The van der Waals surface area contributed by atoms with Gasteiger partial charge in [-0.15, -0.1) is 5.10 Å². The molecule has 0 aliphatic rings. The molecular weight excluding hydrogens is 340 g/mol. The topological polar surface area (TPSA) is 96.9 Å². The fraction of sp³-hybridized carbons (Fsp3) is 0.250. The summed E-state index contributed by atoms with van der Waals surface area (Å²) in [6, 6.07) is 16.3. The Morgan fingerprint density at radius 3 is 2.78 bits per heavy atom. The first-order valence-electron chi connectivity index (χ1n) is 8.88. The van der Waals surface area contributed by atoms with Crippen LogP contribution in [0.4, 0.5) is 6.01 Å². The van der Waals surface area contributed by atoms with Crippen LogP contribution in [0.25, 0.3) is 11.0 Å². The average Bonchev–Trinajstić information content (AvgIpc) is 3.29. The molecule has 1 atom stereocenters. The number of aryl methyl sites for hydroxylation is 1. The van der Waals surface area contributed by atoms with Crippen molar-refractivity contribution >= 4 is 17.0 Å². The number of imidazole rings is 1. The molecule has 0 bridgehead atoms. The third kappa shape index (κ3) is 3.83. The molecule has 2 aromatic carbocycles. The van der Waals surface area contributed by atoms with Gasteiger partial charge in [-0.2, -0.15) is 0 Å². The lowest BCUT2D eigenvalue weighted by molar-refractivity contribution is 0.446. The van der Waals surface area contributed by atoms with Crippen molar-refractivity contribution in [3.63, 3.8) is 0 Å². The van der Waals surface area contributed by atoms with Crippen molar-refractivity contribution in [3.8, 4) is 0 Å². The third-order valence-electron chi connectivity index (χ3n) is 4.45. The summed E-state index contributed by atoms with van der Waals surface area (Å²) in [4.78, 5) is 9.79. The van der Waals surface area contributed by atoms with E-state index in [1.54, 1.807) is 0 Å². The second-order valence-corrected chi connectivity index (χ2v) is 6.78. The fourth-order valence-electron chi connectivity index (χ4n) is 3.03. The summed E-state index contributed by atoms with van der Waals surface area (Å²) in [5.74, 6) is 1.27. The Balaban J connectivity index is 1.45. The van der Waals surface area contributed by atoms with Crippen molar-refractivity contribution in [2.75, 3.05) is 11.9 Å². The Hall–Kier alpha value is -3.19. The molecule has 7 heteroatoms. The van der Waals surface area contributed by atoms with Crippen molar-refractivity contribution in [3.05, 3.63) is 71.4 Å². The number of benzene rings is 2. The van der Waals surface area contributed by atoms with Crippen LogP contribution in [0.5, 0.6) is 0 Å². The number of aromatic amines is 1. The molecule has 0 aliphatic heterocycles. The molecule has 2 heterocycles. The highest BCUT2D eigenvalue weighted by atomic mass is 16.4. The van der Waals surface area contributed by atoms with Gasteiger partial charge in [0.2, 0.25) is 5.89 Å². The van der Waals surface area contributed by atoms with Crippen LogP contribution in [-0.2, 0) is 13.0 Å². The third-order valence-corrected chi connectivity index (χ3v) is 4.45. The van der Waals surface area contributed by atoms with E-state index in [0.717, 1.165) is 22.4 Å². The van der Waals surface area contributed by atoms with Gasteiger partial charge in [0, 0.05) is 7.05 Å². The molecule has 2 aromatic heterocycles. The maximum absolute atomic E-state index is 6.22. The molecule has 0 unspecified atom stereocenters. The molecule has 7 nitrogen and oxygen atoms in total. The molecule has 3 N–H and O–H groups in total. The van der Waals surface area contributed by atoms with Gasteiger partial charge in [-0.05, 0) is 36.6 Å². The zero-order valence-electron chi connectivity index (χ0n) is 15.4. The zero-order valence-corrected chi connectivity index (χ0v) is 15.4. The van der Waals surface area contributed by atoms with Gasteiger partial charge in [-0.1, -0.05) is 41.5 Å². The van der Waals surface area contributed by atoms with E-state index in [1.807, 2.05) is 48.3 Å². The van der Waals surface area contributed by atoms with Gasteiger partial charge in [0.05, 0.1) is 23.6 Å². The highest BCUT2D eigenvalue weighted by Gasteiger charge is 2.18. The molecule has 4 rings (SSSR count). The first kappa shape index (κ1) is 17.2. The molecule has 4 aromatic rings. The summed E-state index contributed by atoms with van der Waals surface area (Å²) in [5, 5.41) is 8.25. The van der Waals surface area contributed by atoms with Crippen LogP contribution in [0, 0.1) is 6.92 Å². The largest absolute Gasteiger partial charge is 0.406 e. The monoisotopic (exact) mass is 362 g/mol. The summed E-state index contributed by atoms with van der Waals surface area (Å²) < 4.78 is 5.78. The summed E-state index contributed by atoms with van der Waals surface area (Å²) in [7, 11) is 1.89. The van der Waals surface area contributed by atoms with E-state index in [1.165, 1.54) is 5.56 Å². The van der Waals surface area contributed by atoms with E-state index in [0.29, 0.717) is 24.9 Å². The molecular formula is C20H22N6O. The summed E-state index contributed by atoms with van der Waals surface area (Å²) >= 11 is 0. The van der Waals surface area contributed by atoms with Gasteiger partial charge in [-0.3, -0.25) is 0 Å². The average molecular weight is 362 g/mol. The molecule has 0 fully saturated rings. The number of nitrogens with one attached hydrogen (secondary N) is 1. The van der Waals surface area contributed by atoms with E-state index < -0.39 is 0 Å². The lowest BCUT2D eigenvalue weighted by Crippen LogP contribution is -2.17. The first-order chi connectivity index (χ1) is 13.1. The zero-order chi connectivity index (χ0) is 18.8. The van der Waals surface area contributed by atoms with Gasteiger partial charge < -0.3 is 20.0 Å². The summed E-state index contributed by atoms with van der Waals surface area (Å²) in [6.45, 7) is 2.59. The van der Waals surface area contributed by atoms with Crippen LogP contribution >= 0.6 is 0 Å². The maximum Gasteiger partial charge on any atom is 0.318 e. The molecule has 138 valence electrons. The van der Waals surface area contributed by atoms with Crippen molar-refractivity contribution in [2.24, 2.45) is 5.73 Å². The fourth-order valence-corrected chi connectivity index (χ4v) is 3.03. The predicted octanol–water partition coefficient (Wildman–Crippen LogP) is 3.13. The standard InChI is InChI=1S/C20H22N6O/c1-13-8-9-16-17(10-13)23-18(22-16)12-26(2)20-25-24-19(27-20)15(21)11-14-6-4-3-5-7-14/h3-10,15H,11-12,21H2,1-2H3,(H,22,23)/t15-/m1/s1. The van der Waals surface area contributed by atoms with Crippen LogP contribution in [0.1, 0.15) is 28.9 Å². The molecule has 0 aliphatic carbocycles. The van der Waals surface area contributed by atoms with Crippen molar-refractivity contribution in [1.29, 1.82) is 0 Å². The van der Waals surface area contributed by atoms with E-state index >= 15 is 0 Å². The highest BCUT2D eigenvalue weighted by molar-refractivity contribution is 5.75. The Morgan fingerprint density at radius 2 is 1.96 bits per heavy atom. The van der Waals surface area contributed by atoms with Gasteiger partial charge in [-0.25, -0.2) is 4.98 Å². The maximum atomic E-state index is 6.22. The number of anilines is 1. The van der Waals surface area contributed by atoms with Gasteiger partial charge >= 0.3 is 6.01 Å². The minimum Gasteiger partial charge on any atom is -0.406 e. The number of nitrogens with zero attached hydrogens (tertiary/aromatic N) is 4. The van der Waals surface area contributed by atoms with Crippen LogP contribution in [-0.4, -0.2) is 27.2 Å². The SMILES string of the molecule is Cc1ccc2nc(CN(C)c3nnc([C@H](N)Cc4ccccc4)o3)[nH]c2c1. The Morgan fingerprint density at radius 1 is 1.15 bits per heavy atom. The highest BCUT2D eigenvalue weighted by Crippen LogP contribution is 2.20. The molecule has 0 saturated carbocycles. The number of H-pyrrole nitrogens is 1. The molecule has 0 amide bonds. The number of aromatic nitrogens is 4. The number of rotatable bonds is 6. The molecule has 0 spiro atoms. The minimum absolute atomic E-state index is 0.337. The summed E-state index contributed by atoms with van der Waals surface area (Å²) in [5.41, 5.74) is 10.5. The lowest BCUT2D eigenvalue weighted by atomic mass is 10.1. The number of hydrogen-bond acceptors (Lipinski definition) is 6. The van der Waals surface area contributed by atoms with Crippen molar-refractivity contribution in [2.45, 2.75) is 25.9 Å².